The van der Waals surface area contributed by atoms with Crippen LogP contribution < -0.4 is 10.9 Å². The maximum absolute atomic E-state index is 12.7. The highest BCUT2D eigenvalue weighted by Crippen LogP contribution is 2.25. The molecule has 3 aromatic heterocycles. The summed E-state index contributed by atoms with van der Waals surface area (Å²) in [6, 6.07) is 4.08. The molecular weight excluding hydrogens is 336 g/mol. The summed E-state index contributed by atoms with van der Waals surface area (Å²) in [6.45, 7) is 4.01. The van der Waals surface area contributed by atoms with Gasteiger partial charge in [-0.05, 0) is 43.2 Å². The number of thiophene rings is 1. The molecule has 0 saturated heterocycles. The number of aromatic nitrogens is 3. The Morgan fingerprint density at radius 2 is 2.20 bits per heavy atom. The van der Waals surface area contributed by atoms with E-state index in [1.54, 1.807) is 11.3 Å². The molecule has 2 atom stereocenters. The first-order chi connectivity index (χ1) is 12.0. The molecule has 6 nitrogen and oxygen atoms in total. The molecule has 0 radical (unpaired) electrons. The first-order valence-corrected chi connectivity index (χ1v) is 9.68. The predicted molar refractivity (Wildman–Crippen MR) is 99.1 cm³/mol. The van der Waals surface area contributed by atoms with E-state index in [4.69, 9.17) is 0 Å². The highest BCUT2D eigenvalue weighted by Gasteiger charge is 2.23. The van der Waals surface area contributed by atoms with Crippen LogP contribution in [0.4, 0.5) is 0 Å². The van der Waals surface area contributed by atoms with E-state index in [0.717, 1.165) is 29.5 Å². The van der Waals surface area contributed by atoms with Crippen molar-refractivity contribution >= 4 is 33.0 Å². The average Bonchev–Trinajstić information content (AvgIpc) is 3.15. The average molecular weight is 358 g/mol. The van der Waals surface area contributed by atoms with E-state index in [9.17, 15) is 9.59 Å². The molecule has 1 N–H and O–H groups in total. The molecule has 4 rings (SSSR count). The van der Waals surface area contributed by atoms with Gasteiger partial charge < -0.3 is 5.32 Å². The topological polar surface area (TPSA) is 68.4 Å². The first-order valence-electron chi connectivity index (χ1n) is 8.80. The molecule has 1 saturated carbocycles. The zero-order chi connectivity index (χ0) is 17.6. The molecule has 132 valence electrons. The number of fused-ring (bicyclic) bond motifs is 3. The highest BCUT2D eigenvalue weighted by atomic mass is 32.1. The largest absolute Gasteiger partial charge is 0.351 e. The molecule has 0 spiro atoms. The monoisotopic (exact) mass is 358 g/mol. The van der Waals surface area contributed by atoms with Crippen LogP contribution in [0.1, 0.15) is 38.4 Å². The van der Waals surface area contributed by atoms with Crippen molar-refractivity contribution in [2.45, 2.75) is 52.1 Å². The molecule has 3 heterocycles. The van der Waals surface area contributed by atoms with Gasteiger partial charge in [0, 0.05) is 11.4 Å². The summed E-state index contributed by atoms with van der Waals surface area (Å²) in [5.41, 5.74) is 0.356. The minimum absolute atomic E-state index is 0.0295. The molecule has 0 unspecified atom stereocenters. The van der Waals surface area contributed by atoms with Gasteiger partial charge in [-0.3, -0.25) is 14.0 Å². The fraction of sp³-hybridized carbons (Fsp3) is 0.500. The molecule has 0 aliphatic heterocycles. The summed E-state index contributed by atoms with van der Waals surface area (Å²) in [6.07, 6.45) is 4.55. The summed E-state index contributed by atoms with van der Waals surface area (Å²) in [7, 11) is 0. The van der Waals surface area contributed by atoms with E-state index in [1.807, 2.05) is 28.8 Å². The van der Waals surface area contributed by atoms with Crippen molar-refractivity contribution in [1.29, 1.82) is 0 Å². The van der Waals surface area contributed by atoms with Crippen LogP contribution in [0.3, 0.4) is 0 Å². The van der Waals surface area contributed by atoms with Crippen LogP contribution >= 0.6 is 11.3 Å². The van der Waals surface area contributed by atoms with Gasteiger partial charge in [0.25, 0.3) is 5.56 Å². The molecule has 1 fully saturated rings. The Kier molecular flexibility index (Phi) is 4.11. The van der Waals surface area contributed by atoms with Crippen molar-refractivity contribution in [2.75, 3.05) is 0 Å². The second-order valence-corrected chi connectivity index (χ2v) is 7.89. The lowest BCUT2D eigenvalue weighted by atomic mass is 9.86. The van der Waals surface area contributed by atoms with Gasteiger partial charge in [-0.15, -0.1) is 11.3 Å². The van der Waals surface area contributed by atoms with E-state index >= 15 is 0 Å². The Morgan fingerprint density at radius 1 is 1.40 bits per heavy atom. The van der Waals surface area contributed by atoms with Gasteiger partial charge in [0.05, 0.1) is 0 Å². The Morgan fingerprint density at radius 3 is 3.00 bits per heavy atom. The third-order valence-corrected chi connectivity index (χ3v) is 6.12. The smallest absolute Gasteiger partial charge is 0.291 e. The van der Waals surface area contributed by atoms with Crippen molar-refractivity contribution in [3.8, 4) is 0 Å². The van der Waals surface area contributed by atoms with Gasteiger partial charge in [-0.1, -0.05) is 19.8 Å². The molecule has 0 bridgehead atoms. The van der Waals surface area contributed by atoms with E-state index in [2.05, 4.69) is 17.3 Å². The van der Waals surface area contributed by atoms with Crippen LogP contribution in [0.5, 0.6) is 0 Å². The second-order valence-electron chi connectivity index (χ2n) is 6.99. The number of rotatable bonds is 3. The maximum Gasteiger partial charge on any atom is 0.291 e. The molecular formula is C18H22N4O2S. The Hall–Kier alpha value is -2.15. The third-order valence-electron chi connectivity index (χ3n) is 5.20. The van der Waals surface area contributed by atoms with Crippen molar-refractivity contribution in [2.24, 2.45) is 5.92 Å². The van der Waals surface area contributed by atoms with Gasteiger partial charge in [-0.25, -0.2) is 4.68 Å². The van der Waals surface area contributed by atoms with Gasteiger partial charge in [0.1, 0.15) is 22.7 Å². The summed E-state index contributed by atoms with van der Waals surface area (Å²) in [4.78, 5) is 26.2. The highest BCUT2D eigenvalue weighted by molar-refractivity contribution is 7.16. The van der Waals surface area contributed by atoms with E-state index < -0.39 is 0 Å². The third kappa shape index (κ3) is 2.86. The fourth-order valence-corrected chi connectivity index (χ4v) is 4.77. The SMILES string of the molecule is Cc1nn(CC(=O)N[C@H]2CCCC[C@H]2C)c(=O)c2cc3ccsc3n12. The first kappa shape index (κ1) is 16.3. The van der Waals surface area contributed by atoms with Crippen molar-refractivity contribution in [3.05, 3.63) is 33.7 Å². The minimum Gasteiger partial charge on any atom is -0.351 e. The molecule has 3 aromatic rings. The van der Waals surface area contributed by atoms with Crippen LogP contribution in [-0.4, -0.2) is 26.1 Å². The van der Waals surface area contributed by atoms with Crippen molar-refractivity contribution in [1.82, 2.24) is 19.5 Å². The molecule has 1 amide bonds. The number of amides is 1. The lowest BCUT2D eigenvalue weighted by Crippen LogP contribution is -2.44. The number of carbonyl (C=O) groups is 1. The van der Waals surface area contributed by atoms with Gasteiger partial charge in [0.15, 0.2) is 0 Å². The number of hydrogen-bond donors (Lipinski definition) is 1. The van der Waals surface area contributed by atoms with Gasteiger partial charge in [-0.2, -0.15) is 5.10 Å². The molecule has 1 aliphatic rings. The summed E-state index contributed by atoms with van der Waals surface area (Å²) >= 11 is 1.59. The van der Waals surface area contributed by atoms with Crippen LogP contribution in [0.2, 0.25) is 0 Å². The molecule has 25 heavy (non-hydrogen) atoms. The lowest BCUT2D eigenvalue weighted by molar-refractivity contribution is -0.123. The minimum atomic E-state index is -0.221. The summed E-state index contributed by atoms with van der Waals surface area (Å²) < 4.78 is 3.16. The predicted octanol–water partition coefficient (Wildman–Crippen LogP) is 2.71. The Bertz CT molecular complexity index is 1000. The van der Waals surface area contributed by atoms with Crippen LogP contribution in [0, 0.1) is 12.8 Å². The van der Waals surface area contributed by atoms with E-state index in [1.165, 1.54) is 11.1 Å². The Balaban J connectivity index is 1.62. The zero-order valence-electron chi connectivity index (χ0n) is 14.5. The van der Waals surface area contributed by atoms with Crippen molar-refractivity contribution < 1.29 is 4.79 Å². The van der Waals surface area contributed by atoms with Gasteiger partial charge >= 0.3 is 0 Å². The maximum atomic E-state index is 12.7. The Labute approximate surface area is 149 Å². The molecule has 0 aromatic carbocycles. The van der Waals surface area contributed by atoms with Crippen LogP contribution in [-0.2, 0) is 11.3 Å². The second kappa shape index (κ2) is 6.29. The number of nitrogens with one attached hydrogen (secondary N) is 1. The van der Waals surface area contributed by atoms with Crippen molar-refractivity contribution in [3.63, 3.8) is 0 Å². The normalized spacial score (nSPS) is 21.0. The van der Waals surface area contributed by atoms with Crippen LogP contribution in [0.25, 0.3) is 15.7 Å². The summed E-state index contributed by atoms with van der Waals surface area (Å²) in [5, 5.41) is 10.5. The fourth-order valence-electron chi connectivity index (χ4n) is 3.83. The quantitative estimate of drug-likeness (QED) is 0.783. The van der Waals surface area contributed by atoms with Gasteiger partial charge in [0.2, 0.25) is 5.91 Å². The molecule has 1 aliphatic carbocycles. The number of hydrogen-bond acceptors (Lipinski definition) is 4. The molecule has 7 heteroatoms. The number of aryl methyl sites for hydroxylation is 1. The van der Waals surface area contributed by atoms with E-state index in [0.29, 0.717) is 17.3 Å². The van der Waals surface area contributed by atoms with Crippen LogP contribution in [0.15, 0.2) is 22.3 Å². The van der Waals surface area contributed by atoms with E-state index in [-0.39, 0.29) is 24.1 Å². The standard InChI is InChI=1S/C18H22N4O2S/c1-11-5-3-4-6-14(11)19-16(23)10-21-17(24)15-9-13-7-8-25-18(13)22(15)12(2)20-21/h7-9,11,14H,3-6,10H2,1-2H3,(H,19,23)/t11-,14+/m1/s1. The summed E-state index contributed by atoms with van der Waals surface area (Å²) in [5.74, 6) is 1.07. The zero-order valence-corrected chi connectivity index (χ0v) is 15.3. The lowest BCUT2D eigenvalue weighted by Gasteiger charge is -2.29. The number of carbonyl (C=O) groups excluding carboxylic acids is 1. The number of nitrogens with zero attached hydrogens (tertiary/aromatic N) is 3.